The van der Waals surface area contributed by atoms with E-state index in [9.17, 15) is 9.18 Å². The Labute approximate surface area is 139 Å². The lowest BCUT2D eigenvalue weighted by molar-refractivity contribution is -0.116. The number of anilines is 1. The molecule has 3 rings (SSSR count). The van der Waals surface area contributed by atoms with Gasteiger partial charge >= 0.3 is 0 Å². The maximum Gasteiger partial charge on any atom is 0.226 e. The SMILES string of the molecule is CCCCn1nc(C)c2c1NC(=O)CC2c1cc(Cl)ccc1F. The molecule has 4 nitrogen and oxygen atoms in total. The van der Waals surface area contributed by atoms with Crippen molar-refractivity contribution in [3.05, 3.63) is 45.9 Å². The summed E-state index contributed by atoms with van der Waals surface area (Å²) in [5.41, 5.74) is 2.16. The summed E-state index contributed by atoms with van der Waals surface area (Å²) in [6.45, 7) is 4.73. The highest BCUT2D eigenvalue weighted by Gasteiger charge is 2.33. The number of rotatable bonds is 4. The second-order valence-corrected chi connectivity index (χ2v) is 6.33. The lowest BCUT2D eigenvalue weighted by Gasteiger charge is -2.25. The van der Waals surface area contributed by atoms with Crippen LogP contribution >= 0.6 is 11.6 Å². The predicted octanol–water partition coefficient (Wildman–Crippen LogP) is 4.26. The maximum absolute atomic E-state index is 14.3. The lowest BCUT2D eigenvalue weighted by Crippen LogP contribution is -2.25. The predicted molar refractivity (Wildman–Crippen MR) is 88.4 cm³/mol. The number of carbonyl (C=O) groups is 1. The number of hydrogen-bond donors (Lipinski definition) is 1. The fraction of sp³-hybridized carbons (Fsp3) is 0.412. The maximum atomic E-state index is 14.3. The van der Waals surface area contributed by atoms with Gasteiger partial charge in [0.15, 0.2) is 0 Å². The Balaban J connectivity index is 2.10. The zero-order chi connectivity index (χ0) is 16.6. The fourth-order valence-electron chi connectivity index (χ4n) is 3.13. The van der Waals surface area contributed by atoms with Gasteiger partial charge in [0, 0.05) is 29.5 Å². The van der Waals surface area contributed by atoms with Crippen LogP contribution in [0.4, 0.5) is 10.2 Å². The molecule has 1 aliphatic heterocycles. The van der Waals surface area contributed by atoms with Crippen molar-refractivity contribution >= 4 is 23.3 Å². The zero-order valence-electron chi connectivity index (χ0n) is 13.2. The van der Waals surface area contributed by atoms with Crippen molar-refractivity contribution in [3.8, 4) is 0 Å². The van der Waals surface area contributed by atoms with Gasteiger partial charge in [0.05, 0.1) is 5.69 Å². The molecular formula is C17H19ClFN3O. The number of aryl methyl sites for hydroxylation is 2. The van der Waals surface area contributed by atoms with Crippen molar-refractivity contribution in [2.75, 3.05) is 5.32 Å². The van der Waals surface area contributed by atoms with Crippen LogP contribution < -0.4 is 5.32 Å². The smallest absolute Gasteiger partial charge is 0.226 e. The summed E-state index contributed by atoms with van der Waals surface area (Å²) >= 11 is 6.02. The van der Waals surface area contributed by atoms with Crippen molar-refractivity contribution in [1.29, 1.82) is 0 Å². The third-order valence-electron chi connectivity index (χ3n) is 4.23. The molecule has 0 radical (unpaired) electrons. The van der Waals surface area contributed by atoms with Crippen molar-refractivity contribution in [2.45, 2.75) is 45.6 Å². The molecule has 1 aromatic heterocycles. The van der Waals surface area contributed by atoms with Crippen LogP contribution in [0.1, 0.15) is 48.9 Å². The van der Waals surface area contributed by atoms with Gasteiger partial charge in [-0.15, -0.1) is 0 Å². The van der Waals surface area contributed by atoms with Crippen molar-refractivity contribution < 1.29 is 9.18 Å². The van der Waals surface area contributed by atoms with Gasteiger partial charge < -0.3 is 5.32 Å². The largest absolute Gasteiger partial charge is 0.311 e. The fourth-order valence-corrected chi connectivity index (χ4v) is 3.31. The molecule has 0 saturated heterocycles. The number of nitrogens with one attached hydrogen (secondary N) is 1. The van der Waals surface area contributed by atoms with E-state index in [1.165, 1.54) is 12.1 Å². The van der Waals surface area contributed by atoms with E-state index in [1.54, 1.807) is 6.07 Å². The molecule has 1 amide bonds. The van der Waals surface area contributed by atoms with Gasteiger partial charge in [-0.2, -0.15) is 5.10 Å². The number of amides is 1. The first kappa shape index (κ1) is 16.0. The Bertz CT molecular complexity index is 757. The molecule has 0 bridgehead atoms. The third-order valence-corrected chi connectivity index (χ3v) is 4.46. The summed E-state index contributed by atoms with van der Waals surface area (Å²) in [5.74, 6) is -0.135. The average molecular weight is 336 g/mol. The lowest BCUT2D eigenvalue weighted by atomic mass is 9.85. The molecule has 2 aromatic rings. The minimum absolute atomic E-state index is 0.125. The van der Waals surface area contributed by atoms with Gasteiger partial charge in [-0.25, -0.2) is 9.07 Å². The van der Waals surface area contributed by atoms with Gasteiger partial charge in [-0.3, -0.25) is 4.79 Å². The Morgan fingerprint density at radius 3 is 3.00 bits per heavy atom. The summed E-state index contributed by atoms with van der Waals surface area (Å²) in [6, 6.07) is 4.47. The number of unbranched alkanes of at least 4 members (excludes halogenated alkanes) is 1. The van der Waals surface area contributed by atoms with Crippen LogP contribution in [0.2, 0.25) is 5.02 Å². The molecule has 23 heavy (non-hydrogen) atoms. The number of carbonyl (C=O) groups excluding carboxylic acids is 1. The molecule has 1 unspecified atom stereocenters. The number of nitrogens with zero attached hydrogens (tertiary/aromatic N) is 2. The molecule has 1 atom stereocenters. The standard InChI is InChI=1S/C17H19ClFN3O/c1-3-4-7-22-17-16(10(2)21-22)13(9-15(23)20-17)12-8-11(18)5-6-14(12)19/h5-6,8,13H,3-4,7,9H2,1-2H3,(H,20,23). The van der Waals surface area contributed by atoms with Crippen LogP contribution in [-0.4, -0.2) is 15.7 Å². The van der Waals surface area contributed by atoms with E-state index in [4.69, 9.17) is 11.6 Å². The van der Waals surface area contributed by atoms with Crippen LogP contribution in [0.15, 0.2) is 18.2 Å². The Morgan fingerprint density at radius 2 is 2.26 bits per heavy atom. The average Bonchev–Trinajstić information content (AvgIpc) is 2.83. The van der Waals surface area contributed by atoms with E-state index in [1.807, 2.05) is 11.6 Å². The number of aromatic nitrogens is 2. The summed E-state index contributed by atoms with van der Waals surface area (Å²) in [4.78, 5) is 12.1. The van der Waals surface area contributed by atoms with E-state index < -0.39 is 0 Å². The van der Waals surface area contributed by atoms with E-state index in [0.29, 0.717) is 16.4 Å². The van der Waals surface area contributed by atoms with Crippen LogP contribution in [0.3, 0.4) is 0 Å². The summed E-state index contributed by atoms with van der Waals surface area (Å²) in [6.07, 6.45) is 2.21. The molecule has 0 fully saturated rings. The highest BCUT2D eigenvalue weighted by Crippen LogP contribution is 2.40. The first-order valence-electron chi connectivity index (χ1n) is 7.83. The highest BCUT2D eigenvalue weighted by atomic mass is 35.5. The van der Waals surface area contributed by atoms with Crippen LogP contribution in [0.25, 0.3) is 0 Å². The minimum Gasteiger partial charge on any atom is -0.311 e. The first-order valence-corrected chi connectivity index (χ1v) is 8.21. The van der Waals surface area contributed by atoms with Gasteiger partial charge in [-0.05, 0) is 37.1 Å². The summed E-state index contributed by atoms with van der Waals surface area (Å²) in [5, 5.41) is 7.90. The highest BCUT2D eigenvalue weighted by molar-refractivity contribution is 6.30. The van der Waals surface area contributed by atoms with E-state index >= 15 is 0 Å². The number of fused-ring (bicyclic) bond motifs is 1. The molecular weight excluding hydrogens is 317 g/mol. The van der Waals surface area contributed by atoms with Gasteiger partial charge in [0.2, 0.25) is 5.91 Å². The third kappa shape index (κ3) is 2.98. The second-order valence-electron chi connectivity index (χ2n) is 5.90. The van der Waals surface area contributed by atoms with E-state index in [2.05, 4.69) is 17.3 Å². The molecule has 122 valence electrons. The topological polar surface area (TPSA) is 46.9 Å². The first-order chi connectivity index (χ1) is 11.0. The molecule has 0 aliphatic carbocycles. The Morgan fingerprint density at radius 1 is 1.48 bits per heavy atom. The molecule has 1 N–H and O–H groups in total. The van der Waals surface area contributed by atoms with Crippen LogP contribution in [-0.2, 0) is 11.3 Å². The van der Waals surface area contributed by atoms with Crippen molar-refractivity contribution in [2.24, 2.45) is 0 Å². The van der Waals surface area contributed by atoms with Gasteiger partial charge in [0.1, 0.15) is 11.6 Å². The summed E-state index contributed by atoms with van der Waals surface area (Å²) < 4.78 is 16.1. The summed E-state index contributed by atoms with van der Waals surface area (Å²) in [7, 11) is 0. The molecule has 0 spiro atoms. The molecule has 1 aliphatic rings. The second kappa shape index (κ2) is 6.32. The zero-order valence-corrected chi connectivity index (χ0v) is 14.0. The minimum atomic E-state index is -0.354. The molecule has 2 heterocycles. The van der Waals surface area contributed by atoms with Crippen LogP contribution in [0, 0.1) is 12.7 Å². The quantitative estimate of drug-likeness (QED) is 0.907. The molecule has 1 aromatic carbocycles. The number of benzene rings is 1. The normalized spacial score (nSPS) is 17.0. The molecule has 0 saturated carbocycles. The van der Waals surface area contributed by atoms with E-state index in [-0.39, 0.29) is 24.1 Å². The number of halogens is 2. The van der Waals surface area contributed by atoms with Crippen molar-refractivity contribution in [1.82, 2.24) is 9.78 Å². The molecule has 6 heteroatoms. The van der Waals surface area contributed by atoms with Crippen molar-refractivity contribution in [3.63, 3.8) is 0 Å². The number of hydrogen-bond acceptors (Lipinski definition) is 2. The monoisotopic (exact) mass is 335 g/mol. The van der Waals surface area contributed by atoms with E-state index in [0.717, 1.165) is 30.6 Å². The Kier molecular flexibility index (Phi) is 4.39. The Hall–Kier alpha value is -1.88. The van der Waals surface area contributed by atoms with Gasteiger partial charge in [0.25, 0.3) is 0 Å². The van der Waals surface area contributed by atoms with Crippen LogP contribution in [0.5, 0.6) is 0 Å². The van der Waals surface area contributed by atoms with Gasteiger partial charge in [-0.1, -0.05) is 24.9 Å².